The highest BCUT2D eigenvalue weighted by atomic mass is 32.1. The van der Waals surface area contributed by atoms with Crippen LogP contribution in [0.15, 0.2) is 35.8 Å². The summed E-state index contributed by atoms with van der Waals surface area (Å²) in [7, 11) is 0. The van der Waals surface area contributed by atoms with E-state index in [1.54, 1.807) is 16.8 Å². The Morgan fingerprint density at radius 3 is 3.04 bits per heavy atom. The van der Waals surface area contributed by atoms with Crippen molar-refractivity contribution < 1.29 is 9.53 Å². The summed E-state index contributed by atoms with van der Waals surface area (Å²) in [5.41, 5.74) is 4.27. The van der Waals surface area contributed by atoms with Crippen LogP contribution in [-0.4, -0.2) is 45.2 Å². The Kier molecular flexibility index (Phi) is 3.86. The van der Waals surface area contributed by atoms with Crippen molar-refractivity contribution in [3.05, 3.63) is 47.1 Å². The van der Waals surface area contributed by atoms with Crippen LogP contribution < -0.4 is 4.74 Å². The molecule has 3 heterocycles. The first-order valence-electron chi connectivity index (χ1n) is 7.78. The minimum absolute atomic E-state index is 0.0337. The molecule has 0 aliphatic carbocycles. The first-order chi connectivity index (χ1) is 11.7. The number of aromatic nitrogens is 3. The molecule has 1 saturated heterocycles. The zero-order chi connectivity index (χ0) is 16.5. The van der Waals surface area contributed by atoms with E-state index in [-0.39, 0.29) is 12.0 Å². The Morgan fingerprint density at radius 2 is 2.21 bits per heavy atom. The summed E-state index contributed by atoms with van der Waals surface area (Å²) in [6.45, 7) is 3.13. The van der Waals surface area contributed by atoms with Gasteiger partial charge >= 0.3 is 0 Å². The van der Waals surface area contributed by atoms with Crippen LogP contribution in [0.3, 0.4) is 0 Å². The standard InChI is InChI=1S/C17H16N4O2S/c1-11-2-5-16(20-19-11)23-13-6-7-21(9-13)17(22)12-3-4-14-15(8-12)24-10-18-14/h2-5,8,10,13H,6-7,9H2,1H3/t13-/m0/s1. The second kappa shape index (κ2) is 6.16. The van der Waals surface area contributed by atoms with Crippen LogP contribution in [-0.2, 0) is 0 Å². The molecule has 0 spiro atoms. The Bertz CT molecular complexity index is 878. The maximum Gasteiger partial charge on any atom is 0.254 e. The van der Waals surface area contributed by atoms with Crippen molar-refractivity contribution in [3.63, 3.8) is 0 Å². The third-order valence-electron chi connectivity index (χ3n) is 4.07. The molecule has 1 aromatic carbocycles. The monoisotopic (exact) mass is 340 g/mol. The third-order valence-corrected chi connectivity index (χ3v) is 4.86. The van der Waals surface area contributed by atoms with Gasteiger partial charge in [-0.15, -0.1) is 16.4 Å². The van der Waals surface area contributed by atoms with E-state index >= 15 is 0 Å². The number of carbonyl (C=O) groups excluding carboxylic acids is 1. The van der Waals surface area contributed by atoms with Gasteiger partial charge in [0.05, 0.1) is 28.0 Å². The number of rotatable bonds is 3. The number of fused-ring (bicyclic) bond motifs is 1. The number of hydrogen-bond acceptors (Lipinski definition) is 6. The van der Waals surface area contributed by atoms with Gasteiger partial charge in [0.25, 0.3) is 5.91 Å². The van der Waals surface area contributed by atoms with Crippen molar-refractivity contribution in [2.24, 2.45) is 0 Å². The molecule has 0 radical (unpaired) electrons. The zero-order valence-corrected chi connectivity index (χ0v) is 14.0. The molecule has 122 valence electrons. The summed E-state index contributed by atoms with van der Waals surface area (Å²) in [4.78, 5) is 18.8. The van der Waals surface area contributed by atoms with Gasteiger partial charge in [0.2, 0.25) is 5.88 Å². The maximum absolute atomic E-state index is 12.7. The van der Waals surface area contributed by atoms with E-state index < -0.39 is 0 Å². The highest BCUT2D eigenvalue weighted by Crippen LogP contribution is 2.22. The largest absolute Gasteiger partial charge is 0.471 e. The molecule has 0 bridgehead atoms. The number of benzene rings is 1. The predicted molar refractivity (Wildman–Crippen MR) is 91.3 cm³/mol. The second-order valence-corrected chi connectivity index (χ2v) is 6.71. The summed E-state index contributed by atoms with van der Waals surface area (Å²) in [5, 5.41) is 8.00. The Balaban J connectivity index is 1.43. The minimum Gasteiger partial charge on any atom is -0.471 e. The molecule has 1 aliphatic heterocycles. The lowest BCUT2D eigenvalue weighted by Crippen LogP contribution is -2.31. The fourth-order valence-corrected chi connectivity index (χ4v) is 3.52. The number of carbonyl (C=O) groups is 1. The fraction of sp³-hybridized carbons (Fsp3) is 0.294. The quantitative estimate of drug-likeness (QED) is 0.733. The van der Waals surface area contributed by atoms with Gasteiger partial charge in [-0.3, -0.25) is 4.79 Å². The van der Waals surface area contributed by atoms with E-state index in [2.05, 4.69) is 15.2 Å². The van der Waals surface area contributed by atoms with Gasteiger partial charge in [0, 0.05) is 24.6 Å². The van der Waals surface area contributed by atoms with Crippen LogP contribution in [0.25, 0.3) is 10.2 Å². The fourth-order valence-electron chi connectivity index (χ4n) is 2.80. The summed E-state index contributed by atoms with van der Waals surface area (Å²) >= 11 is 1.54. The molecule has 2 aromatic heterocycles. The van der Waals surface area contributed by atoms with E-state index in [0.717, 1.165) is 22.3 Å². The van der Waals surface area contributed by atoms with Crippen LogP contribution in [0.2, 0.25) is 0 Å². The van der Waals surface area contributed by atoms with Crippen LogP contribution in [0.5, 0.6) is 5.88 Å². The predicted octanol–water partition coefficient (Wildman–Crippen LogP) is 2.69. The average Bonchev–Trinajstić information content (AvgIpc) is 3.24. The molecule has 7 heteroatoms. The normalized spacial score (nSPS) is 17.4. The SMILES string of the molecule is Cc1ccc(O[C@H]2CCN(C(=O)c3ccc4ncsc4c3)C2)nn1. The van der Waals surface area contributed by atoms with E-state index in [9.17, 15) is 4.79 Å². The van der Waals surface area contributed by atoms with Crippen molar-refractivity contribution >= 4 is 27.5 Å². The molecule has 0 N–H and O–H groups in total. The lowest BCUT2D eigenvalue weighted by molar-refractivity contribution is 0.0771. The van der Waals surface area contributed by atoms with E-state index in [4.69, 9.17) is 4.74 Å². The van der Waals surface area contributed by atoms with Crippen molar-refractivity contribution in [2.45, 2.75) is 19.4 Å². The van der Waals surface area contributed by atoms with Gasteiger partial charge < -0.3 is 9.64 Å². The average molecular weight is 340 g/mol. The Labute approximate surface area is 143 Å². The molecule has 1 aliphatic rings. The van der Waals surface area contributed by atoms with Crippen LogP contribution >= 0.6 is 11.3 Å². The minimum atomic E-state index is -0.0434. The van der Waals surface area contributed by atoms with Gasteiger partial charge in [0.1, 0.15) is 6.10 Å². The third kappa shape index (κ3) is 2.94. The molecule has 3 aromatic rings. The van der Waals surface area contributed by atoms with Crippen molar-refractivity contribution in [3.8, 4) is 5.88 Å². The topological polar surface area (TPSA) is 68.2 Å². The highest BCUT2D eigenvalue weighted by Gasteiger charge is 2.28. The number of aryl methyl sites for hydroxylation is 1. The summed E-state index contributed by atoms with van der Waals surface area (Å²) in [6.07, 6.45) is 0.752. The van der Waals surface area contributed by atoms with Gasteiger partial charge in [-0.25, -0.2) is 4.98 Å². The summed E-state index contributed by atoms with van der Waals surface area (Å²) < 4.78 is 6.86. The second-order valence-electron chi connectivity index (χ2n) is 5.83. The molecule has 1 amide bonds. The first-order valence-corrected chi connectivity index (χ1v) is 8.66. The Morgan fingerprint density at radius 1 is 1.29 bits per heavy atom. The zero-order valence-electron chi connectivity index (χ0n) is 13.2. The van der Waals surface area contributed by atoms with Crippen molar-refractivity contribution in [2.75, 3.05) is 13.1 Å². The van der Waals surface area contributed by atoms with Gasteiger partial charge in [-0.05, 0) is 31.2 Å². The van der Waals surface area contributed by atoms with Crippen molar-refractivity contribution in [1.82, 2.24) is 20.1 Å². The molecule has 0 unspecified atom stereocenters. The summed E-state index contributed by atoms with van der Waals surface area (Å²) in [5.74, 6) is 0.539. The summed E-state index contributed by atoms with van der Waals surface area (Å²) in [6, 6.07) is 9.32. The van der Waals surface area contributed by atoms with Gasteiger partial charge in [-0.2, -0.15) is 5.10 Å². The molecule has 4 rings (SSSR count). The molecular formula is C17H16N4O2S. The number of hydrogen-bond donors (Lipinski definition) is 0. The van der Waals surface area contributed by atoms with Gasteiger partial charge in [-0.1, -0.05) is 0 Å². The number of amides is 1. The number of nitrogens with zero attached hydrogens (tertiary/aromatic N) is 4. The molecule has 6 nitrogen and oxygen atoms in total. The lowest BCUT2D eigenvalue weighted by atomic mass is 10.2. The van der Waals surface area contributed by atoms with Crippen molar-refractivity contribution in [1.29, 1.82) is 0 Å². The molecule has 0 saturated carbocycles. The van der Waals surface area contributed by atoms with Crippen LogP contribution in [0.1, 0.15) is 22.5 Å². The van der Waals surface area contributed by atoms with Gasteiger partial charge in [0.15, 0.2) is 0 Å². The first kappa shape index (κ1) is 15.0. The number of likely N-dealkylation sites (tertiary alicyclic amines) is 1. The Hall–Kier alpha value is -2.54. The smallest absolute Gasteiger partial charge is 0.254 e. The number of ether oxygens (including phenoxy) is 1. The molecule has 1 atom stereocenters. The molecular weight excluding hydrogens is 324 g/mol. The lowest BCUT2D eigenvalue weighted by Gasteiger charge is -2.17. The van der Waals surface area contributed by atoms with E-state index in [1.807, 2.05) is 42.2 Å². The van der Waals surface area contributed by atoms with E-state index in [1.165, 1.54) is 0 Å². The highest BCUT2D eigenvalue weighted by molar-refractivity contribution is 7.16. The molecule has 24 heavy (non-hydrogen) atoms. The van der Waals surface area contributed by atoms with Crippen LogP contribution in [0.4, 0.5) is 0 Å². The van der Waals surface area contributed by atoms with Crippen LogP contribution in [0, 0.1) is 6.92 Å². The number of thiazole rings is 1. The van der Waals surface area contributed by atoms with E-state index in [0.29, 0.717) is 24.5 Å². The maximum atomic E-state index is 12.7. The molecule has 1 fully saturated rings.